The van der Waals surface area contributed by atoms with Gasteiger partial charge in [0.05, 0.1) is 24.4 Å². The van der Waals surface area contributed by atoms with E-state index in [4.69, 9.17) is 14.9 Å². The number of aliphatic hydroxyl groups is 1. The molecule has 1 amide bonds. The molecule has 0 saturated carbocycles. The fourth-order valence-electron chi connectivity index (χ4n) is 4.06. The minimum atomic E-state index is -1.14. The number of amides is 1. The molecule has 3 heterocycles. The number of carboxylic acid groups (broad SMARTS) is 1. The predicted molar refractivity (Wildman–Crippen MR) is 137 cm³/mol. The van der Waals surface area contributed by atoms with Crippen LogP contribution in [0, 0.1) is 0 Å². The lowest BCUT2D eigenvalue weighted by Crippen LogP contribution is -2.54. The molecular weight excluding hydrogens is 490 g/mol. The van der Waals surface area contributed by atoms with Gasteiger partial charge in [0, 0.05) is 22.4 Å². The Morgan fingerprint density at radius 1 is 1.17 bits per heavy atom. The number of carboxylic acids is 1. The van der Waals surface area contributed by atoms with Gasteiger partial charge in [-0.1, -0.05) is 36.0 Å². The number of carbonyl (C=O) groups is 2. The summed E-state index contributed by atoms with van der Waals surface area (Å²) in [5, 5.41) is 17.5. The number of nitrogens with zero attached hydrogens (tertiary/aromatic N) is 3. The lowest BCUT2D eigenvalue weighted by Gasteiger charge is -2.36. The molecule has 0 aromatic heterocycles. The molecule has 0 aliphatic carbocycles. The molecule has 188 valence electrons. The number of β-lactam (4-membered cyclic amide) rings is 1. The highest BCUT2D eigenvalue weighted by molar-refractivity contribution is 7.99. The molecule has 0 radical (unpaired) electrons. The lowest BCUT2D eigenvalue weighted by atomic mass is 10.1. The van der Waals surface area contributed by atoms with Crippen molar-refractivity contribution in [2.24, 2.45) is 0 Å². The molecule has 0 unspecified atom stereocenters. The topological polar surface area (TPSA) is 93.5 Å². The largest absolute Gasteiger partial charge is 0.479 e. The lowest BCUT2D eigenvalue weighted by molar-refractivity contribution is -0.163. The Bertz CT molecular complexity index is 1070. The summed E-state index contributed by atoms with van der Waals surface area (Å²) in [5.41, 5.74) is 2.65. The van der Waals surface area contributed by atoms with E-state index in [2.05, 4.69) is 79.3 Å². The Balaban J connectivity index is 0.000000202. The van der Waals surface area contributed by atoms with Crippen LogP contribution in [0.25, 0.3) is 0 Å². The number of aliphatic hydroxyl groups excluding tert-OH is 1. The molecule has 0 bridgehead atoms. The summed E-state index contributed by atoms with van der Waals surface area (Å²) in [6, 6.07) is 16.8. The van der Waals surface area contributed by atoms with Gasteiger partial charge in [-0.3, -0.25) is 9.69 Å². The highest BCUT2D eigenvalue weighted by Gasteiger charge is 2.53. The van der Waals surface area contributed by atoms with E-state index < -0.39 is 18.2 Å². The van der Waals surface area contributed by atoms with Crippen molar-refractivity contribution in [1.82, 2.24) is 9.80 Å². The molecule has 0 spiro atoms. The van der Waals surface area contributed by atoms with Crippen LogP contribution in [0.15, 0.2) is 70.2 Å². The first kappa shape index (κ1) is 26.9. The average Bonchev–Trinajstić information content (AvgIpc) is 3.11. The van der Waals surface area contributed by atoms with Crippen molar-refractivity contribution in [1.29, 1.82) is 0 Å². The first-order valence-corrected chi connectivity index (χ1v) is 11.9. The maximum absolute atomic E-state index is 11.1. The summed E-state index contributed by atoms with van der Waals surface area (Å²) in [6.07, 6.45) is 1.03. The SMILES string of the molecule is C[C@H](CN1c2ccccc2Sc2ccccc21)N(C)C.Cl.O=C(O)[C@H]1/C(=C/CO)O[C@@H]2CC(=O)N21. The highest BCUT2D eigenvalue weighted by Crippen LogP contribution is 2.47. The van der Waals surface area contributed by atoms with E-state index in [0.717, 1.165) is 6.54 Å². The van der Waals surface area contributed by atoms with Crippen LogP contribution in [0.4, 0.5) is 11.4 Å². The molecule has 5 rings (SSSR count). The van der Waals surface area contributed by atoms with Crippen LogP contribution >= 0.6 is 24.2 Å². The van der Waals surface area contributed by atoms with Crippen molar-refractivity contribution < 1.29 is 24.5 Å². The second-order valence-corrected chi connectivity index (χ2v) is 9.65. The number of benzene rings is 2. The van der Waals surface area contributed by atoms with Gasteiger partial charge >= 0.3 is 5.97 Å². The quantitative estimate of drug-likeness (QED) is 0.579. The van der Waals surface area contributed by atoms with E-state index in [9.17, 15) is 9.59 Å². The van der Waals surface area contributed by atoms with Crippen LogP contribution in [-0.4, -0.2) is 77.4 Å². The van der Waals surface area contributed by atoms with Gasteiger partial charge in [-0.2, -0.15) is 0 Å². The molecule has 3 atom stereocenters. The van der Waals surface area contributed by atoms with E-state index >= 15 is 0 Å². The maximum Gasteiger partial charge on any atom is 0.334 e. The molecular formula is C25H30ClN3O5S. The monoisotopic (exact) mass is 519 g/mol. The summed E-state index contributed by atoms with van der Waals surface area (Å²) in [4.78, 5) is 30.5. The summed E-state index contributed by atoms with van der Waals surface area (Å²) in [5.74, 6) is -1.22. The predicted octanol–water partition coefficient (Wildman–Crippen LogP) is 3.57. The molecule has 2 fully saturated rings. The summed E-state index contributed by atoms with van der Waals surface area (Å²) < 4.78 is 5.17. The number of halogens is 1. The fraction of sp³-hybridized carbons (Fsp3) is 0.360. The smallest absolute Gasteiger partial charge is 0.334 e. The van der Waals surface area contributed by atoms with Crippen LogP contribution in [0.5, 0.6) is 0 Å². The molecule has 2 aromatic carbocycles. The third-order valence-corrected chi connectivity index (χ3v) is 7.28. The Morgan fingerprint density at radius 3 is 2.23 bits per heavy atom. The summed E-state index contributed by atoms with van der Waals surface area (Å²) in [6.45, 7) is 2.97. The number of ether oxygens (including phenoxy) is 1. The van der Waals surface area contributed by atoms with Gasteiger partial charge in [-0.25, -0.2) is 4.79 Å². The highest BCUT2D eigenvalue weighted by atomic mass is 35.5. The zero-order valence-corrected chi connectivity index (χ0v) is 21.5. The van der Waals surface area contributed by atoms with Crippen molar-refractivity contribution in [3.05, 3.63) is 60.4 Å². The van der Waals surface area contributed by atoms with E-state index in [0.29, 0.717) is 6.04 Å². The van der Waals surface area contributed by atoms with Gasteiger partial charge in [-0.15, -0.1) is 12.4 Å². The maximum atomic E-state index is 11.1. The Kier molecular flexibility index (Phi) is 8.71. The third-order valence-electron chi connectivity index (χ3n) is 6.15. The number of likely N-dealkylation sites (N-methyl/N-ethyl adjacent to an activating group) is 1. The second-order valence-electron chi connectivity index (χ2n) is 8.57. The van der Waals surface area contributed by atoms with E-state index in [-0.39, 0.29) is 37.1 Å². The summed E-state index contributed by atoms with van der Waals surface area (Å²) >= 11 is 1.87. The molecule has 8 nitrogen and oxygen atoms in total. The number of carbonyl (C=O) groups excluding carboxylic acids is 1. The number of aliphatic carboxylic acids is 1. The van der Waals surface area contributed by atoms with Gasteiger partial charge in [0.15, 0.2) is 12.3 Å². The second kappa shape index (κ2) is 11.3. The van der Waals surface area contributed by atoms with Crippen LogP contribution in [0.2, 0.25) is 0 Å². The van der Waals surface area contributed by atoms with E-state index in [1.54, 1.807) is 0 Å². The minimum Gasteiger partial charge on any atom is -0.479 e. The van der Waals surface area contributed by atoms with Crippen molar-refractivity contribution in [2.45, 2.75) is 41.4 Å². The Hall–Kier alpha value is -2.72. The van der Waals surface area contributed by atoms with Crippen molar-refractivity contribution in [3.63, 3.8) is 0 Å². The van der Waals surface area contributed by atoms with Crippen LogP contribution in [0.1, 0.15) is 13.3 Å². The van der Waals surface area contributed by atoms with Crippen LogP contribution in [0.3, 0.4) is 0 Å². The number of hydrogen-bond acceptors (Lipinski definition) is 7. The number of rotatable bonds is 5. The zero-order valence-electron chi connectivity index (χ0n) is 19.8. The van der Waals surface area contributed by atoms with Crippen molar-refractivity contribution >= 4 is 47.4 Å². The van der Waals surface area contributed by atoms with Gasteiger partial charge < -0.3 is 24.7 Å². The normalized spacial score (nSPS) is 21.5. The molecule has 10 heteroatoms. The standard InChI is InChI=1S/C17H20N2S.C8H9NO5.ClH/c1-13(18(2)3)12-19-14-8-4-6-10-16(14)20-17-11-7-5-9-15(17)19;10-2-1-4-7(8(12)13)9-5(11)3-6(9)14-4;/h4-11,13H,12H2,1-3H3;1,6-7,10H,2-3H2,(H,12,13);1H/b;4-1-;/t13-;6-,7-;/m11./s1. The molecule has 2 aromatic rings. The minimum absolute atomic E-state index is 0. The van der Waals surface area contributed by atoms with Gasteiger partial charge in [-0.05, 0) is 51.4 Å². The molecule has 3 aliphatic rings. The van der Waals surface area contributed by atoms with Crippen LogP contribution < -0.4 is 4.90 Å². The molecule has 3 aliphatic heterocycles. The van der Waals surface area contributed by atoms with E-state index in [1.807, 2.05) is 11.8 Å². The third kappa shape index (κ3) is 5.43. The van der Waals surface area contributed by atoms with Gasteiger partial charge in [0.1, 0.15) is 5.76 Å². The first-order valence-electron chi connectivity index (χ1n) is 11.1. The number of fused-ring (bicyclic) bond motifs is 3. The Labute approximate surface area is 215 Å². The van der Waals surface area contributed by atoms with Gasteiger partial charge in [0.25, 0.3) is 0 Å². The number of anilines is 2. The average molecular weight is 520 g/mol. The van der Waals surface area contributed by atoms with Crippen molar-refractivity contribution in [2.75, 3.05) is 32.1 Å². The zero-order chi connectivity index (χ0) is 24.4. The number of hydrogen-bond donors (Lipinski definition) is 2. The molecule has 2 saturated heterocycles. The number of para-hydroxylation sites is 2. The first-order chi connectivity index (χ1) is 16.3. The van der Waals surface area contributed by atoms with E-state index in [1.165, 1.54) is 32.1 Å². The summed E-state index contributed by atoms with van der Waals surface area (Å²) in [7, 11) is 4.28. The van der Waals surface area contributed by atoms with Crippen molar-refractivity contribution in [3.8, 4) is 0 Å². The molecule has 35 heavy (non-hydrogen) atoms. The Morgan fingerprint density at radius 2 is 1.74 bits per heavy atom. The van der Waals surface area contributed by atoms with Crippen LogP contribution in [-0.2, 0) is 14.3 Å². The van der Waals surface area contributed by atoms with Gasteiger partial charge in [0.2, 0.25) is 5.91 Å². The fourth-order valence-corrected chi connectivity index (χ4v) is 5.16. The molecule has 2 N–H and O–H groups in total.